The highest BCUT2D eigenvalue weighted by molar-refractivity contribution is 9.10. The number of carbonyl (C=O) groups is 1. The number of hydrogen-bond acceptors (Lipinski definition) is 3. The molecule has 4 rings (SSSR count). The molecule has 2 heterocycles. The molecule has 0 aliphatic carbocycles. The summed E-state index contributed by atoms with van der Waals surface area (Å²) in [7, 11) is 0. The molecular formula is C19H12BrN3OS. The number of rotatable bonds is 2. The molecule has 122 valence electrons. The average molecular weight is 410 g/mol. The fourth-order valence-corrected chi connectivity index (χ4v) is 3.79. The molecule has 0 atom stereocenters. The minimum absolute atomic E-state index is 0.151. The first-order chi connectivity index (χ1) is 12.1. The highest BCUT2D eigenvalue weighted by atomic mass is 79.9. The lowest BCUT2D eigenvalue weighted by Crippen LogP contribution is -2.37. The van der Waals surface area contributed by atoms with E-state index in [-0.39, 0.29) is 17.3 Å². The van der Waals surface area contributed by atoms with Gasteiger partial charge in [0.1, 0.15) is 5.84 Å². The summed E-state index contributed by atoms with van der Waals surface area (Å²) in [5.41, 5.74) is 2.99. The molecular weight excluding hydrogens is 398 g/mol. The van der Waals surface area contributed by atoms with Crippen LogP contribution in [0.5, 0.6) is 0 Å². The van der Waals surface area contributed by atoms with E-state index in [1.54, 1.807) is 11.0 Å². The van der Waals surface area contributed by atoms with Gasteiger partial charge in [0, 0.05) is 9.88 Å². The Morgan fingerprint density at radius 1 is 1.08 bits per heavy atom. The van der Waals surface area contributed by atoms with E-state index in [0.717, 1.165) is 21.3 Å². The van der Waals surface area contributed by atoms with E-state index in [1.165, 1.54) is 11.8 Å². The third kappa shape index (κ3) is 2.99. The molecule has 0 bridgehead atoms. The summed E-state index contributed by atoms with van der Waals surface area (Å²) < 4.78 is 0.963. The van der Waals surface area contributed by atoms with Crippen molar-refractivity contribution in [3.05, 3.63) is 81.2 Å². The molecule has 1 N–H and O–H groups in total. The summed E-state index contributed by atoms with van der Waals surface area (Å²) in [6.07, 6.45) is 1.71. The van der Waals surface area contributed by atoms with Gasteiger partial charge in [0.15, 0.2) is 5.17 Å². The molecule has 0 unspecified atom stereocenters. The monoisotopic (exact) mass is 409 g/mol. The number of hydrogen-bond donors (Lipinski definition) is 1. The Balaban J connectivity index is 1.74. The smallest absolute Gasteiger partial charge is 0.283 e. The SMILES string of the molecule is N=C1C(=Cc2ccc(Br)cc2)C(=O)N=C2SC=C(c3ccccc3)N12. The minimum atomic E-state index is -0.380. The van der Waals surface area contributed by atoms with Crippen molar-refractivity contribution in [3.8, 4) is 0 Å². The van der Waals surface area contributed by atoms with E-state index in [1.807, 2.05) is 60.0 Å². The van der Waals surface area contributed by atoms with Gasteiger partial charge >= 0.3 is 0 Å². The Morgan fingerprint density at radius 2 is 1.80 bits per heavy atom. The summed E-state index contributed by atoms with van der Waals surface area (Å²) in [6.45, 7) is 0. The third-order valence-corrected chi connectivity index (χ3v) is 5.22. The molecule has 2 aromatic carbocycles. The second kappa shape index (κ2) is 6.46. The van der Waals surface area contributed by atoms with Crippen LogP contribution in [-0.2, 0) is 4.79 Å². The Labute approximate surface area is 157 Å². The second-order valence-electron chi connectivity index (χ2n) is 5.48. The van der Waals surface area contributed by atoms with Crippen molar-refractivity contribution in [1.82, 2.24) is 4.90 Å². The molecule has 2 aliphatic rings. The highest BCUT2D eigenvalue weighted by Crippen LogP contribution is 2.37. The molecule has 0 aromatic heterocycles. The van der Waals surface area contributed by atoms with Crippen molar-refractivity contribution in [3.63, 3.8) is 0 Å². The zero-order valence-electron chi connectivity index (χ0n) is 12.9. The maximum absolute atomic E-state index is 12.4. The number of benzene rings is 2. The Hall–Kier alpha value is -2.44. The molecule has 4 nitrogen and oxygen atoms in total. The van der Waals surface area contributed by atoms with Gasteiger partial charge in [-0.2, -0.15) is 4.99 Å². The van der Waals surface area contributed by atoms with Crippen molar-refractivity contribution < 1.29 is 4.79 Å². The van der Waals surface area contributed by atoms with E-state index in [0.29, 0.717) is 5.17 Å². The molecule has 25 heavy (non-hydrogen) atoms. The summed E-state index contributed by atoms with van der Waals surface area (Å²) in [5.74, 6) is -0.229. The lowest BCUT2D eigenvalue weighted by atomic mass is 10.1. The van der Waals surface area contributed by atoms with E-state index in [9.17, 15) is 4.79 Å². The predicted octanol–water partition coefficient (Wildman–Crippen LogP) is 4.75. The van der Waals surface area contributed by atoms with E-state index in [2.05, 4.69) is 20.9 Å². The second-order valence-corrected chi connectivity index (χ2v) is 7.23. The van der Waals surface area contributed by atoms with Crippen molar-refractivity contribution in [2.75, 3.05) is 0 Å². The van der Waals surface area contributed by atoms with Crippen LogP contribution in [-0.4, -0.2) is 21.8 Å². The van der Waals surface area contributed by atoms with Gasteiger partial charge in [-0.1, -0.05) is 70.2 Å². The number of thioether (sulfide) groups is 1. The molecule has 6 heteroatoms. The number of fused-ring (bicyclic) bond motifs is 1. The molecule has 0 radical (unpaired) electrons. The van der Waals surface area contributed by atoms with Crippen LogP contribution in [0.1, 0.15) is 11.1 Å². The molecule has 2 aromatic rings. The van der Waals surface area contributed by atoms with Gasteiger partial charge in [0.2, 0.25) is 0 Å². The quantitative estimate of drug-likeness (QED) is 0.727. The first-order valence-corrected chi connectivity index (χ1v) is 9.22. The van der Waals surface area contributed by atoms with Crippen LogP contribution >= 0.6 is 27.7 Å². The van der Waals surface area contributed by atoms with Crippen LogP contribution < -0.4 is 0 Å². The maximum atomic E-state index is 12.4. The lowest BCUT2D eigenvalue weighted by Gasteiger charge is -2.26. The van der Waals surface area contributed by atoms with Gasteiger partial charge in [-0.3, -0.25) is 15.1 Å². The minimum Gasteiger partial charge on any atom is -0.283 e. The molecule has 0 fully saturated rings. The fourth-order valence-electron chi connectivity index (χ4n) is 2.64. The van der Waals surface area contributed by atoms with Crippen molar-refractivity contribution in [2.45, 2.75) is 0 Å². The first-order valence-electron chi connectivity index (χ1n) is 7.55. The highest BCUT2D eigenvalue weighted by Gasteiger charge is 2.36. The average Bonchev–Trinajstić information content (AvgIpc) is 3.05. The Bertz CT molecular complexity index is 962. The van der Waals surface area contributed by atoms with Crippen LogP contribution in [0.15, 0.2) is 75.0 Å². The number of amidine groups is 2. The van der Waals surface area contributed by atoms with Gasteiger partial charge in [-0.25, -0.2) is 0 Å². The van der Waals surface area contributed by atoms with Crippen LogP contribution in [0.3, 0.4) is 0 Å². The standard InChI is InChI=1S/C19H12BrN3OS/c20-14-8-6-12(7-9-14)10-15-17(21)23-16(13-4-2-1-3-5-13)11-25-19(23)22-18(15)24/h1-11,21H. The van der Waals surface area contributed by atoms with Crippen molar-refractivity contribution in [1.29, 1.82) is 5.41 Å². The van der Waals surface area contributed by atoms with E-state index >= 15 is 0 Å². The number of carbonyl (C=O) groups excluding carboxylic acids is 1. The number of aliphatic imine (C=N–C) groups is 1. The Kier molecular flexibility index (Phi) is 4.15. The van der Waals surface area contributed by atoms with Gasteiger partial charge < -0.3 is 0 Å². The summed E-state index contributed by atoms with van der Waals surface area (Å²) in [5, 5.41) is 11.0. The number of nitrogens with one attached hydrogen (secondary N) is 1. The number of nitrogens with zero attached hydrogens (tertiary/aromatic N) is 2. The zero-order chi connectivity index (χ0) is 17.4. The first kappa shape index (κ1) is 16.1. The number of halogens is 1. The molecule has 0 spiro atoms. The van der Waals surface area contributed by atoms with Gasteiger partial charge in [-0.15, -0.1) is 0 Å². The van der Waals surface area contributed by atoms with Crippen LogP contribution in [0.25, 0.3) is 11.8 Å². The summed E-state index contributed by atoms with van der Waals surface area (Å²) >= 11 is 4.76. The topological polar surface area (TPSA) is 56.5 Å². The maximum Gasteiger partial charge on any atom is 0.283 e. The normalized spacial score (nSPS) is 18.3. The zero-order valence-corrected chi connectivity index (χ0v) is 15.3. The summed E-state index contributed by atoms with van der Waals surface area (Å²) in [6, 6.07) is 17.4. The lowest BCUT2D eigenvalue weighted by molar-refractivity contribution is -0.114. The largest absolute Gasteiger partial charge is 0.283 e. The van der Waals surface area contributed by atoms with Crippen LogP contribution in [0, 0.1) is 5.41 Å². The van der Waals surface area contributed by atoms with Crippen molar-refractivity contribution >= 4 is 56.4 Å². The van der Waals surface area contributed by atoms with E-state index < -0.39 is 0 Å². The van der Waals surface area contributed by atoms with Gasteiger partial charge in [0.05, 0.1) is 11.3 Å². The summed E-state index contributed by atoms with van der Waals surface area (Å²) in [4.78, 5) is 18.3. The third-order valence-electron chi connectivity index (χ3n) is 3.87. The fraction of sp³-hybridized carbons (Fsp3) is 0. The number of amides is 1. The molecule has 1 amide bonds. The van der Waals surface area contributed by atoms with Gasteiger partial charge in [0.25, 0.3) is 5.91 Å². The molecule has 0 saturated heterocycles. The molecule has 2 aliphatic heterocycles. The van der Waals surface area contributed by atoms with Crippen LogP contribution in [0.2, 0.25) is 0 Å². The van der Waals surface area contributed by atoms with Crippen molar-refractivity contribution in [2.24, 2.45) is 4.99 Å². The molecule has 0 saturated carbocycles. The van der Waals surface area contributed by atoms with Gasteiger partial charge in [-0.05, 0) is 29.3 Å². The van der Waals surface area contributed by atoms with Crippen LogP contribution in [0.4, 0.5) is 0 Å². The van der Waals surface area contributed by atoms with E-state index in [4.69, 9.17) is 5.41 Å². The Morgan fingerprint density at radius 3 is 2.52 bits per heavy atom. The predicted molar refractivity (Wildman–Crippen MR) is 106 cm³/mol.